The molecule has 1 N–H and O–H groups in total. The Morgan fingerprint density at radius 3 is 2.77 bits per heavy atom. The van der Waals surface area contributed by atoms with Gasteiger partial charge in [0.2, 0.25) is 0 Å². The van der Waals surface area contributed by atoms with Crippen molar-refractivity contribution in [3.8, 4) is 0 Å². The van der Waals surface area contributed by atoms with E-state index >= 15 is 0 Å². The molecule has 2 aromatic heterocycles. The summed E-state index contributed by atoms with van der Waals surface area (Å²) in [6.07, 6.45) is 0. The molecule has 0 spiro atoms. The number of nitrogens with zero attached hydrogens (tertiary/aromatic N) is 1. The minimum Gasteiger partial charge on any atom is -0.336 e. The molecule has 0 radical (unpaired) electrons. The largest absolute Gasteiger partial charge is 0.336 e. The third kappa shape index (κ3) is 2.64. The summed E-state index contributed by atoms with van der Waals surface area (Å²) < 4.78 is 3.78. The average molecular weight is 333 g/mol. The molecule has 0 aliphatic heterocycles. The zero-order valence-corrected chi connectivity index (χ0v) is 14.3. The Kier molecular flexibility index (Phi) is 3.98. The lowest BCUT2D eigenvalue weighted by Crippen LogP contribution is -2.17. The zero-order valence-electron chi connectivity index (χ0n) is 12.7. The SMILES string of the molecule is CCn1c(C(=O)Nc2cc(C)ccc2C)cc2sc(Cl)cc21. The van der Waals surface area contributed by atoms with Gasteiger partial charge in [-0.1, -0.05) is 23.7 Å². The minimum absolute atomic E-state index is 0.0879. The number of rotatable bonds is 3. The fourth-order valence-corrected chi connectivity index (χ4v) is 3.77. The van der Waals surface area contributed by atoms with E-state index in [2.05, 4.69) is 5.32 Å². The first-order chi connectivity index (χ1) is 10.5. The number of hydrogen-bond acceptors (Lipinski definition) is 2. The Morgan fingerprint density at radius 1 is 1.27 bits per heavy atom. The second-order valence-corrected chi connectivity index (χ2v) is 7.06. The summed E-state index contributed by atoms with van der Waals surface area (Å²) in [6, 6.07) is 9.88. The first-order valence-electron chi connectivity index (χ1n) is 7.16. The van der Waals surface area contributed by atoms with E-state index in [1.54, 1.807) is 0 Å². The summed E-state index contributed by atoms with van der Waals surface area (Å²) in [5, 5.41) is 3.02. The van der Waals surface area contributed by atoms with Crippen LogP contribution < -0.4 is 5.32 Å². The number of aryl methyl sites for hydroxylation is 3. The highest BCUT2D eigenvalue weighted by Gasteiger charge is 2.17. The number of halogens is 1. The second kappa shape index (κ2) is 5.78. The monoisotopic (exact) mass is 332 g/mol. The molecule has 0 aliphatic carbocycles. The van der Waals surface area contributed by atoms with E-state index in [1.807, 2.05) is 55.7 Å². The molecule has 3 nitrogen and oxygen atoms in total. The molecule has 0 saturated carbocycles. The number of nitrogens with one attached hydrogen (secondary N) is 1. The molecule has 3 aromatic rings. The number of hydrogen-bond donors (Lipinski definition) is 1. The molecule has 114 valence electrons. The lowest BCUT2D eigenvalue weighted by Gasteiger charge is -2.11. The van der Waals surface area contributed by atoms with Crippen molar-refractivity contribution in [2.45, 2.75) is 27.3 Å². The fraction of sp³-hybridized carbons (Fsp3) is 0.235. The number of thiophene rings is 1. The van der Waals surface area contributed by atoms with Crippen LogP contribution in [0, 0.1) is 13.8 Å². The molecule has 0 fully saturated rings. The van der Waals surface area contributed by atoms with E-state index in [9.17, 15) is 4.79 Å². The summed E-state index contributed by atoms with van der Waals surface area (Å²) in [6.45, 7) is 6.76. The van der Waals surface area contributed by atoms with Crippen LogP contribution in [0.4, 0.5) is 5.69 Å². The number of benzene rings is 1. The first kappa shape index (κ1) is 15.1. The van der Waals surface area contributed by atoms with E-state index in [0.29, 0.717) is 5.69 Å². The molecule has 22 heavy (non-hydrogen) atoms. The van der Waals surface area contributed by atoms with Crippen LogP contribution in [0.25, 0.3) is 10.2 Å². The Labute approximate surface area is 138 Å². The standard InChI is InChI=1S/C17H17ClN2OS/c1-4-20-13-9-16(18)22-15(13)8-14(20)17(21)19-12-7-10(2)5-6-11(12)3/h5-9H,4H2,1-3H3,(H,19,21). The quantitative estimate of drug-likeness (QED) is 0.698. The van der Waals surface area contributed by atoms with Crippen LogP contribution in [0.1, 0.15) is 28.5 Å². The van der Waals surface area contributed by atoms with E-state index < -0.39 is 0 Å². The molecule has 0 saturated heterocycles. The van der Waals surface area contributed by atoms with Crippen molar-refractivity contribution in [2.24, 2.45) is 0 Å². The fourth-order valence-electron chi connectivity index (χ4n) is 2.60. The predicted molar refractivity (Wildman–Crippen MR) is 94.4 cm³/mol. The number of carbonyl (C=O) groups is 1. The van der Waals surface area contributed by atoms with Gasteiger partial charge in [-0.25, -0.2) is 0 Å². The molecule has 0 atom stereocenters. The minimum atomic E-state index is -0.0879. The van der Waals surface area contributed by atoms with Crippen LogP contribution in [-0.4, -0.2) is 10.5 Å². The molecule has 3 rings (SSSR count). The van der Waals surface area contributed by atoms with E-state index in [-0.39, 0.29) is 5.91 Å². The maximum absolute atomic E-state index is 12.6. The highest BCUT2D eigenvalue weighted by Crippen LogP contribution is 2.32. The third-order valence-electron chi connectivity index (χ3n) is 3.75. The van der Waals surface area contributed by atoms with Crippen molar-refractivity contribution in [1.82, 2.24) is 4.57 Å². The lowest BCUT2D eigenvalue weighted by atomic mass is 10.1. The van der Waals surface area contributed by atoms with E-state index in [0.717, 1.165) is 37.9 Å². The van der Waals surface area contributed by atoms with Crippen LogP contribution in [0.5, 0.6) is 0 Å². The van der Waals surface area contributed by atoms with Gasteiger partial charge in [0.1, 0.15) is 5.69 Å². The summed E-state index contributed by atoms with van der Waals surface area (Å²) in [5.74, 6) is -0.0879. The van der Waals surface area contributed by atoms with Gasteiger partial charge in [0.25, 0.3) is 5.91 Å². The Bertz CT molecular complexity index is 863. The highest BCUT2D eigenvalue weighted by molar-refractivity contribution is 7.22. The van der Waals surface area contributed by atoms with Crippen molar-refractivity contribution >= 4 is 44.7 Å². The van der Waals surface area contributed by atoms with Crippen LogP contribution in [-0.2, 0) is 6.54 Å². The molecular formula is C17H17ClN2OS. The Hall–Kier alpha value is -1.78. The summed E-state index contributed by atoms with van der Waals surface area (Å²) in [5.41, 5.74) is 4.72. The van der Waals surface area contributed by atoms with Gasteiger partial charge in [-0.05, 0) is 50.1 Å². The van der Waals surface area contributed by atoms with Gasteiger partial charge in [0, 0.05) is 12.2 Å². The Morgan fingerprint density at radius 2 is 2.05 bits per heavy atom. The lowest BCUT2D eigenvalue weighted by molar-refractivity contribution is 0.101. The molecule has 1 amide bonds. The van der Waals surface area contributed by atoms with Crippen LogP contribution in [0.2, 0.25) is 4.34 Å². The second-order valence-electron chi connectivity index (χ2n) is 5.35. The average Bonchev–Trinajstić information content (AvgIpc) is 2.98. The van der Waals surface area contributed by atoms with Gasteiger partial charge in [0.15, 0.2) is 0 Å². The van der Waals surface area contributed by atoms with Crippen molar-refractivity contribution in [2.75, 3.05) is 5.32 Å². The first-order valence-corrected chi connectivity index (χ1v) is 8.36. The number of amides is 1. The van der Waals surface area contributed by atoms with Gasteiger partial charge >= 0.3 is 0 Å². The van der Waals surface area contributed by atoms with Crippen LogP contribution in [0.15, 0.2) is 30.3 Å². The molecule has 0 unspecified atom stereocenters. The van der Waals surface area contributed by atoms with Crippen molar-refractivity contribution in [1.29, 1.82) is 0 Å². The van der Waals surface area contributed by atoms with Crippen LogP contribution in [0.3, 0.4) is 0 Å². The summed E-state index contributed by atoms with van der Waals surface area (Å²) >= 11 is 7.55. The summed E-state index contributed by atoms with van der Waals surface area (Å²) in [4.78, 5) is 12.6. The molecule has 1 aromatic carbocycles. The maximum atomic E-state index is 12.6. The molecular weight excluding hydrogens is 316 g/mol. The van der Waals surface area contributed by atoms with Gasteiger partial charge < -0.3 is 9.88 Å². The van der Waals surface area contributed by atoms with Gasteiger partial charge in [-0.2, -0.15) is 0 Å². The Balaban J connectivity index is 1.98. The van der Waals surface area contributed by atoms with Crippen molar-refractivity contribution < 1.29 is 4.79 Å². The summed E-state index contributed by atoms with van der Waals surface area (Å²) in [7, 11) is 0. The molecule has 5 heteroatoms. The number of anilines is 1. The van der Waals surface area contributed by atoms with Gasteiger partial charge in [-0.15, -0.1) is 11.3 Å². The highest BCUT2D eigenvalue weighted by atomic mass is 35.5. The van der Waals surface area contributed by atoms with E-state index in [4.69, 9.17) is 11.6 Å². The molecule has 2 heterocycles. The number of fused-ring (bicyclic) bond motifs is 1. The number of carbonyl (C=O) groups excluding carboxylic acids is 1. The normalized spacial score (nSPS) is 11.1. The molecule has 0 bridgehead atoms. The van der Waals surface area contributed by atoms with E-state index in [1.165, 1.54) is 11.3 Å². The van der Waals surface area contributed by atoms with Gasteiger partial charge in [-0.3, -0.25) is 4.79 Å². The topological polar surface area (TPSA) is 34.0 Å². The smallest absolute Gasteiger partial charge is 0.272 e. The van der Waals surface area contributed by atoms with Crippen LogP contribution >= 0.6 is 22.9 Å². The predicted octanol–water partition coefficient (Wildman–Crippen LogP) is 5.25. The zero-order chi connectivity index (χ0) is 15.9. The van der Waals surface area contributed by atoms with Crippen molar-refractivity contribution in [3.63, 3.8) is 0 Å². The van der Waals surface area contributed by atoms with Gasteiger partial charge in [0.05, 0.1) is 14.6 Å². The molecule has 0 aliphatic rings. The van der Waals surface area contributed by atoms with Crippen molar-refractivity contribution in [3.05, 3.63) is 51.5 Å². The third-order valence-corrected chi connectivity index (χ3v) is 4.95. The maximum Gasteiger partial charge on any atom is 0.272 e. The number of aromatic nitrogens is 1.